The highest BCUT2D eigenvalue weighted by Gasteiger charge is 2.28. The van der Waals surface area contributed by atoms with E-state index in [2.05, 4.69) is 15.9 Å². The van der Waals surface area contributed by atoms with Gasteiger partial charge in [-0.1, -0.05) is 29.8 Å². The van der Waals surface area contributed by atoms with Crippen molar-refractivity contribution in [3.05, 3.63) is 34.1 Å². The molecule has 2 unspecified atom stereocenters. The molecular formula is C12H14BrFO3S. The van der Waals surface area contributed by atoms with Gasteiger partial charge in [-0.05, 0) is 24.1 Å². The maximum atomic E-state index is 13.5. The molecule has 100 valence electrons. The minimum absolute atomic E-state index is 0.0968. The predicted molar refractivity (Wildman–Crippen MR) is 72.2 cm³/mol. The number of hydrogen-bond acceptors (Lipinski definition) is 2. The molecule has 0 aliphatic rings. The summed E-state index contributed by atoms with van der Waals surface area (Å²) in [7, 11) is -1.65. The van der Waals surface area contributed by atoms with Crippen molar-refractivity contribution in [1.82, 2.24) is 0 Å². The fourth-order valence-corrected chi connectivity index (χ4v) is 3.55. The first-order chi connectivity index (χ1) is 8.32. The minimum Gasteiger partial charge on any atom is -0.480 e. The second-order valence-corrected chi connectivity index (χ2v) is 6.74. The number of carbonyl (C=O) groups is 1. The van der Waals surface area contributed by atoms with Crippen LogP contribution in [0.15, 0.2) is 22.7 Å². The summed E-state index contributed by atoms with van der Waals surface area (Å²) in [5.74, 6) is -1.95. The number of carboxylic acids is 1. The lowest BCUT2D eigenvalue weighted by molar-refractivity contribution is -0.137. The first-order valence-electron chi connectivity index (χ1n) is 5.37. The Bertz CT molecular complexity index is 476. The maximum absolute atomic E-state index is 13.5. The zero-order valence-electron chi connectivity index (χ0n) is 10.0. The second-order valence-electron chi connectivity index (χ2n) is 4.26. The summed E-state index contributed by atoms with van der Waals surface area (Å²) in [6.07, 6.45) is 0. The Kier molecular flexibility index (Phi) is 5.47. The molecular weight excluding hydrogens is 323 g/mol. The molecule has 1 aromatic rings. The van der Waals surface area contributed by atoms with Crippen LogP contribution in [0.25, 0.3) is 0 Å². The number of rotatable bonds is 5. The van der Waals surface area contributed by atoms with Crippen LogP contribution in [0.3, 0.4) is 0 Å². The Balaban J connectivity index is 2.92. The molecule has 18 heavy (non-hydrogen) atoms. The van der Waals surface area contributed by atoms with Gasteiger partial charge in [0.25, 0.3) is 0 Å². The van der Waals surface area contributed by atoms with E-state index in [0.29, 0.717) is 4.47 Å². The van der Waals surface area contributed by atoms with Crippen LogP contribution in [0.5, 0.6) is 0 Å². The van der Waals surface area contributed by atoms with Gasteiger partial charge in [-0.3, -0.25) is 9.00 Å². The van der Waals surface area contributed by atoms with Crippen LogP contribution < -0.4 is 0 Å². The van der Waals surface area contributed by atoms with Gasteiger partial charge in [0.05, 0.1) is 5.75 Å². The first-order valence-corrected chi connectivity index (χ1v) is 7.54. The summed E-state index contributed by atoms with van der Waals surface area (Å²) in [5, 5.41) is 8.04. The normalized spacial score (nSPS) is 14.5. The second kappa shape index (κ2) is 6.43. The van der Waals surface area contributed by atoms with E-state index in [4.69, 9.17) is 5.11 Å². The molecule has 0 aliphatic carbocycles. The Morgan fingerprint density at radius 2 is 2.11 bits per heavy atom. The molecule has 2 atom stereocenters. The first kappa shape index (κ1) is 15.3. The van der Waals surface area contributed by atoms with Crippen LogP contribution in [0.1, 0.15) is 19.4 Å². The van der Waals surface area contributed by atoms with Gasteiger partial charge in [0.2, 0.25) is 0 Å². The van der Waals surface area contributed by atoms with Crippen molar-refractivity contribution in [3.63, 3.8) is 0 Å². The molecule has 3 nitrogen and oxygen atoms in total. The third kappa shape index (κ3) is 3.88. The third-order valence-corrected chi connectivity index (χ3v) is 4.84. The fraction of sp³-hybridized carbons (Fsp3) is 0.417. The third-order valence-electron chi connectivity index (χ3n) is 2.44. The van der Waals surface area contributed by atoms with Gasteiger partial charge < -0.3 is 5.11 Å². The molecule has 0 aromatic heterocycles. The van der Waals surface area contributed by atoms with Gasteiger partial charge in [-0.2, -0.15) is 0 Å². The highest BCUT2D eigenvalue weighted by atomic mass is 79.9. The van der Waals surface area contributed by atoms with Crippen LogP contribution in [0.4, 0.5) is 4.39 Å². The lowest BCUT2D eigenvalue weighted by Crippen LogP contribution is -2.31. The summed E-state index contributed by atoms with van der Waals surface area (Å²) in [6, 6.07) is 4.33. The van der Waals surface area contributed by atoms with E-state index in [9.17, 15) is 13.4 Å². The Morgan fingerprint density at radius 3 is 2.61 bits per heavy atom. The summed E-state index contributed by atoms with van der Waals surface area (Å²) >= 11 is 3.20. The van der Waals surface area contributed by atoms with Crippen LogP contribution in [-0.2, 0) is 21.3 Å². The zero-order valence-corrected chi connectivity index (χ0v) is 12.4. The van der Waals surface area contributed by atoms with Gasteiger partial charge in [-0.25, -0.2) is 4.39 Å². The lowest BCUT2D eigenvalue weighted by atomic mass is 10.1. The van der Waals surface area contributed by atoms with Crippen LogP contribution >= 0.6 is 15.9 Å². The highest BCUT2D eigenvalue weighted by Crippen LogP contribution is 2.20. The molecule has 0 spiro atoms. The number of carboxylic acid groups (broad SMARTS) is 1. The summed E-state index contributed by atoms with van der Waals surface area (Å²) in [4.78, 5) is 11.0. The molecule has 0 aliphatic heterocycles. The van der Waals surface area contributed by atoms with Crippen LogP contribution in [0.2, 0.25) is 0 Å². The molecule has 0 amide bonds. The van der Waals surface area contributed by atoms with Crippen LogP contribution in [-0.4, -0.2) is 20.5 Å². The van der Waals surface area contributed by atoms with E-state index in [1.54, 1.807) is 19.9 Å². The maximum Gasteiger partial charge on any atom is 0.319 e. The summed E-state index contributed by atoms with van der Waals surface area (Å²) in [6.45, 7) is 3.38. The Hall–Kier alpha value is -0.750. The molecule has 0 fully saturated rings. The van der Waals surface area contributed by atoms with Gasteiger partial charge in [-0.15, -0.1) is 0 Å². The van der Waals surface area contributed by atoms with Crippen molar-refractivity contribution in [3.8, 4) is 0 Å². The van der Waals surface area contributed by atoms with Crippen molar-refractivity contribution in [2.24, 2.45) is 5.92 Å². The van der Waals surface area contributed by atoms with E-state index in [0.717, 1.165) is 0 Å². The zero-order chi connectivity index (χ0) is 13.9. The summed E-state index contributed by atoms with van der Waals surface area (Å²) in [5.41, 5.74) is 0.259. The number of benzene rings is 1. The monoisotopic (exact) mass is 336 g/mol. The molecule has 0 saturated heterocycles. The smallest absolute Gasteiger partial charge is 0.319 e. The van der Waals surface area contributed by atoms with E-state index in [-0.39, 0.29) is 17.2 Å². The van der Waals surface area contributed by atoms with Gasteiger partial charge in [0.1, 0.15) is 11.1 Å². The van der Waals surface area contributed by atoms with Gasteiger partial charge >= 0.3 is 5.97 Å². The lowest BCUT2D eigenvalue weighted by Gasteiger charge is -2.16. The van der Waals surface area contributed by atoms with Gasteiger partial charge in [0, 0.05) is 20.8 Å². The van der Waals surface area contributed by atoms with Crippen molar-refractivity contribution < 1.29 is 18.5 Å². The molecule has 6 heteroatoms. The minimum atomic E-state index is -1.65. The van der Waals surface area contributed by atoms with E-state index < -0.39 is 27.8 Å². The number of hydrogen-bond donors (Lipinski definition) is 1. The van der Waals surface area contributed by atoms with Crippen molar-refractivity contribution in [2.45, 2.75) is 24.9 Å². The van der Waals surface area contributed by atoms with Crippen molar-refractivity contribution in [1.29, 1.82) is 0 Å². The van der Waals surface area contributed by atoms with Crippen molar-refractivity contribution >= 4 is 32.7 Å². The average Bonchev–Trinajstić information content (AvgIpc) is 2.22. The predicted octanol–water partition coefficient (Wildman–Crippen LogP) is 2.95. The molecule has 0 radical (unpaired) electrons. The SMILES string of the molecule is CC(C)C(C(=O)O)S(=O)Cc1cc(Br)ccc1F. The molecule has 1 aromatic carbocycles. The number of halogens is 2. The standard InChI is InChI=1S/C12H14BrFO3S/c1-7(2)11(12(15)16)18(17)6-8-5-9(13)3-4-10(8)14/h3-5,7,11H,6H2,1-2H3,(H,15,16). The Morgan fingerprint density at radius 1 is 1.50 bits per heavy atom. The van der Waals surface area contributed by atoms with Gasteiger partial charge in [0.15, 0.2) is 0 Å². The van der Waals surface area contributed by atoms with E-state index >= 15 is 0 Å². The average molecular weight is 337 g/mol. The fourth-order valence-electron chi connectivity index (χ4n) is 1.60. The molecule has 0 bridgehead atoms. The molecule has 1 N–H and O–H groups in total. The van der Waals surface area contributed by atoms with Crippen LogP contribution in [0, 0.1) is 11.7 Å². The number of aliphatic carboxylic acids is 1. The largest absolute Gasteiger partial charge is 0.480 e. The Labute approximate surface area is 116 Å². The molecule has 0 saturated carbocycles. The molecule has 1 rings (SSSR count). The molecule has 0 heterocycles. The topological polar surface area (TPSA) is 54.4 Å². The van der Waals surface area contributed by atoms with E-state index in [1.165, 1.54) is 12.1 Å². The summed E-state index contributed by atoms with van der Waals surface area (Å²) < 4.78 is 26.2. The highest BCUT2D eigenvalue weighted by molar-refractivity contribution is 9.10. The van der Waals surface area contributed by atoms with E-state index in [1.807, 2.05) is 0 Å². The van der Waals surface area contributed by atoms with Crippen molar-refractivity contribution in [2.75, 3.05) is 0 Å². The quantitative estimate of drug-likeness (QED) is 0.899.